The molecule has 2 saturated heterocycles. The highest BCUT2D eigenvalue weighted by atomic mass is 35.5. The van der Waals surface area contributed by atoms with Crippen LogP contribution in [0.25, 0.3) is 0 Å². The molecule has 0 aromatic heterocycles. The highest BCUT2D eigenvalue weighted by molar-refractivity contribution is 7.89. The fraction of sp³-hybridized carbons (Fsp3) is 0.286. The molecule has 1 atom stereocenters. The minimum Gasteiger partial charge on any atom is -0.457 e. The van der Waals surface area contributed by atoms with Gasteiger partial charge in [-0.05, 0) is 67.3 Å². The van der Waals surface area contributed by atoms with Crippen molar-refractivity contribution in [1.29, 1.82) is 5.26 Å². The van der Waals surface area contributed by atoms with E-state index >= 15 is 0 Å². The number of hydrogen-bond donors (Lipinski definition) is 0. The van der Waals surface area contributed by atoms with E-state index in [1.54, 1.807) is 0 Å². The molecule has 0 N–H and O–H groups in total. The van der Waals surface area contributed by atoms with Gasteiger partial charge in [0.2, 0.25) is 15.9 Å². The maximum absolute atomic E-state index is 13.6. The Labute approximate surface area is 221 Å². The summed E-state index contributed by atoms with van der Waals surface area (Å²) in [4.78, 5) is 15.4. The van der Waals surface area contributed by atoms with Crippen LogP contribution in [0.3, 0.4) is 0 Å². The van der Waals surface area contributed by atoms with Crippen molar-refractivity contribution in [2.75, 3.05) is 19.6 Å². The van der Waals surface area contributed by atoms with Gasteiger partial charge >= 0.3 is 0 Å². The second kappa shape index (κ2) is 10.2. The number of carbonyl (C=O) groups is 1. The second-order valence-electron chi connectivity index (χ2n) is 9.52. The Hall–Kier alpha value is -3.38. The Morgan fingerprint density at radius 1 is 0.973 bits per heavy atom. The number of nitriles is 1. The number of hydrogen-bond acceptors (Lipinski definition) is 5. The number of likely N-dealkylation sites (tertiary alicyclic amines) is 1. The van der Waals surface area contributed by atoms with Crippen LogP contribution in [0.2, 0.25) is 5.02 Å². The van der Waals surface area contributed by atoms with Crippen molar-refractivity contribution in [3.63, 3.8) is 0 Å². The summed E-state index contributed by atoms with van der Waals surface area (Å²) in [5.41, 5.74) is 0.539. The number of sulfonamides is 1. The van der Waals surface area contributed by atoms with Gasteiger partial charge in [0.1, 0.15) is 16.4 Å². The van der Waals surface area contributed by atoms with Gasteiger partial charge in [0.15, 0.2) is 0 Å². The van der Waals surface area contributed by atoms with Gasteiger partial charge in [-0.15, -0.1) is 0 Å². The molecule has 3 aromatic carbocycles. The Morgan fingerprint density at radius 3 is 2.41 bits per heavy atom. The molecule has 1 spiro atoms. The van der Waals surface area contributed by atoms with E-state index in [0.717, 1.165) is 11.3 Å². The average molecular weight is 536 g/mol. The molecule has 2 aliphatic heterocycles. The summed E-state index contributed by atoms with van der Waals surface area (Å²) in [7, 11) is -3.90. The van der Waals surface area contributed by atoms with Gasteiger partial charge in [-0.25, -0.2) is 8.42 Å². The first-order valence-electron chi connectivity index (χ1n) is 12.1. The Bertz CT molecular complexity index is 1450. The standard InChI is InChI=1S/C28H26ClN3O4S/c29-25-17-22(18-30)9-12-26(25)37(34,35)32-15-4-13-28(20-32)14-16-31(27(28)33)19-21-7-10-24(11-8-21)36-23-5-2-1-3-6-23/h1-3,5-12,17H,4,13-16,19-20H2. The van der Waals surface area contributed by atoms with E-state index in [0.29, 0.717) is 50.2 Å². The zero-order valence-corrected chi connectivity index (χ0v) is 21.7. The Kier molecular flexibility index (Phi) is 6.95. The molecule has 3 aromatic rings. The Morgan fingerprint density at radius 2 is 1.70 bits per heavy atom. The van der Waals surface area contributed by atoms with E-state index in [2.05, 4.69) is 0 Å². The van der Waals surface area contributed by atoms with Gasteiger partial charge in [0.05, 0.1) is 22.1 Å². The maximum atomic E-state index is 13.6. The van der Waals surface area contributed by atoms with Gasteiger partial charge in [-0.2, -0.15) is 9.57 Å². The van der Waals surface area contributed by atoms with Crippen molar-refractivity contribution in [3.8, 4) is 17.6 Å². The number of carbonyl (C=O) groups excluding carboxylic acids is 1. The smallest absolute Gasteiger partial charge is 0.244 e. The molecule has 37 heavy (non-hydrogen) atoms. The number of amides is 1. The van der Waals surface area contributed by atoms with Crippen LogP contribution >= 0.6 is 11.6 Å². The van der Waals surface area contributed by atoms with Crippen molar-refractivity contribution in [2.24, 2.45) is 5.41 Å². The third kappa shape index (κ3) is 5.08. The molecule has 0 aliphatic carbocycles. The highest BCUT2D eigenvalue weighted by Crippen LogP contribution is 2.42. The predicted molar refractivity (Wildman–Crippen MR) is 140 cm³/mol. The third-order valence-electron chi connectivity index (χ3n) is 7.10. The summed E-state index contributed by atoms with van der Waals surface area (Å²) < 4.78 is 34.0. The number of benzene rings is 3. The molecule has 5 rings (SSSR count). The molecule has 2 fully saturated rings. The van der Waals surface area contributed by atoms with Crippen molar-refractivity contribution >= 4 is 27.5 Å². The van der Waals surface area contributed by atoms with Crippen molar-refractivity contribution in [1.82, 2.24) is 9.21 Å². The molecule has 1 amide bonds. The van der Waals surface area contributed by atoms with Gasteiger partial charge in [-0.1, -0.05) is 41.9 Å². The molecule has 0 radical (unpaired) electrons. The van der Waals surface area contributed by atoms with Crippen molar-refractivity contribution < 1.29 is 17.9 Å². The first-order valence-corrected chi connectivity index (χ1v) is 13.9. The van der Waals surface area contributed by atoms with Crippen molar-refractivity contribution in [3.05, 3.63) is 88.9 Å². The van der Waals surface area contributed by atoms with Crippen LogP contribution in [0.1, 0.15) is 30.4 Å². The van der Waals surface area contributed by atoms with Gasteiger partial charge in [0, 0.05) is 26.2 Å². The normalized spacial score (nSPS) is 20.2. The molecule has 0 bridgehead atoms. The van der Waals surface area contributed by atoms with Crippen LogP contribution in [0.4, 0.5) is 0 Å². The van der Waals surface area contributed by atoms with Gasteiger partial charge in [0.25, 0.3) is 0 Å². The largest absolute Gasteiger partial charge is 0.457 e. The van der Waals surface area contributed by atoms with Crippen LogP contribution in [0.5, 0.6) is 11.5 Å². The fourth-order valence-corrected chi connectivity index (χ4v) is 7.23. The summed E-state index contributed by atoms with van der Waals surface area (Å²) in [6, 6.07) is 23.3. The first-order chi connectivity index (χ1) is 17.8. The Balaban J connectivity index is 1.27. The van der Waals surface area contributed by atoms with Crippen LogP contribution in [-0.4, -0.2) is 43.2 Å². The molecule has 2 heterocycles. The van der Waals surface area contributed by atoms with Crippen LogP contribution in [0.15, 0.2) is 77.7 Å². The van der Waals surface area contributed by atoms with E-state index in [-0.39, 0.29) is 22.4 Å². The molecule has 7 nitrogen and oxygen atoms in total. The number of nitrogens with zero attached hydrogens (tertiary/aromatic N) is 3. The van der Waals surface area contributed by atoms with Crippen molar-refractivity contribution in [2.45, 2.75) is 30.7 Å². The predicted octanol–water partition coefficient (Wildman–Crippen LogP) is 5.21. The zero-order chi connectivity index (χ0) is 26.0. The summed E-state index contributed by atoms with van der Waals surface area (Å²) in [5.74, 6) is 1.46. The number of halogens is 1. The number of piperidine rings is 1. The SMILES string of the molecule is N#Cc1ccc(S(=O)(=O)N2CCCC3(CCN(Cc4ccc(Oc5ccccc5)cc4)C3=O)C2)c(Cl)c1. The minimum atomic E-state index is -3.90. The lowest BCUT2D eigenvalue weighted by molar-refractivity contribution is -0.138. The summed E-state index contributed by atoms with van der Waals surface area (Å²) >= 11 is 6.22. The quantitative estimate of drug-likeness (QED) is 0.432. The summed E-state index contributed by atoms with van der Waals surface area (Å²) in [6.45, 7) is 1.49. The molecule has 190 valence electrons. The molecule has 9 heteroatoms. The summed E-state index contributed by atoms with van der Waals surface area (Å²) in [5, 5.41) is 9.07. The minimum absolute atomic E-state index is 0.0112. The van der Waals surface area contributed by atoms with Crippen LogP contribution in [0, 0.1) is 16.7 Å². The van der Waals surface area contributed by atoms with Gasteiger partial charge < -0.3 is 9.64 Å². The van der Waals surface area contributed by atoms with Gasteiger partial charge in [-0.3, -0.25) is 4.79 Å². The molecule has 0 saturated carbocycles. The van der Waals surface area contributed by atoms with E-state index in [4.69, 9.17) is 21.6 Å². The highest BCUT2D eigenvalue weighted by Gasteiger charge is 2.50. The van der Waals surface area contributed by atoms with Crippen LogP contribution < -0.4 is 4.74 Å². The molecule has 2 aliphatic rings. The lowest BCUT2D eigenvalue weighted by atomic mass is 9.79. The zero-order valence-electron chi connectivity index (χ0n) is 20.1. The average Bonchev–Trinajstić information content (AvgIpc) is 3.19. The first kappa shape index (κ1) is 25.3. The number of para-hydroxylation sites is 1. The monoisotopic (exact) mass is 535 g/mol. The molecular weight excluding hydrogens is 510 g/mol. The molecule has 1 unspecified atom stereocenters. The number of ether oxygens (including phenoxy) is 1. The van der Waals surface area contributed by atoms with E-state index in [1.807, 2.05) is 65.6 Å². The topological polar surface area (TPSA) is 90.7 Å². The maximum Gasteiger partial charge on any atom is 0.244 e. The lowest BCUT2D eigenvalue weighted by Gasteiger charge is -2.38. The molecular formula is C28H26ClN3O4S. The number of rotatable bonds is 6. The third-order valence-corrected chi connectivity index (χ3v) is 9.43. The van der Waals surface area contributed by atoms with E-state index in [9.17, 15) is 13.2 Å². The summed E-state index contributed by atoms with van der Waals surface area (Å²) in [6.07, 6.45) is 1.85. The fourth-order valence-electron chi connectivity index (χ4n) is 5.14. The van der Waals surface area contributed by atoms with E-state index in [1.165, 1.54) is 22.5 Å². The lowest BCUT2D eigenvalue weighted by Crippen LogP contribution is -2.49. The van der Waals surface area contributed by atoms with Crippen LogP contribution in [-0.2, 0) is 21.4 Å². The second-order valence-corrected chi connectivity index (χ2v) is 11.8. The van der Waals surface area contributed by atoms with E-state index < -0.39 is 15.4 Å².